The fourth-order valence-corrected chi connectivity index (χ4v) is 3.28. The van der Waals surface area contributed by atoms with Gasteiger partial charge in [0.2, 0.25) is 5.76 Å². The van der Waals surface area contributed by atoms with Crippen LogP contribution in [0.1, 0.15) is 44.6 Å². The van der Waals surface area contributed by atoms with Crippen molar-refractivity contribution >= 4 is 23.8 Å². The third-order valence-electron chi connectivity index (χ3n) is 5.24. The Hall–Kier alpha value is -3.28. The van der Waals surface area contributed by atoms with Crippen LogP contribution in [0.5, 0.6) is 0 Å². The van der Waals surface area contributed by atoms with Crippen LogP contribution < -0.4 is 10.2 Å². The van der Waals surface area contributed by atoms with E-state index in [2.05, 4.69) is 12.2 Å². The molecule has 6 nitrogen and oxygen atoms in total. The molecule has 0 bridgehead atoms. The van der Waals surface area contributed by atoms with E-state index in [0.717, 1.165) is 35.2 Å². The minimum absolute atomic E-state index is 0.104. The van der Waals surface area contributed by atoms with Crippen molar-refractivity contribution in [2.24, 2.45) is 0 Å². The Kier molecular flexibility index (Phi) is 10.3. The van der Waals surface area contributed by atoms with Gasteiger partial charge in [-0.05, 0) is 41.3 Å². The van der Waals surface area contributed by atoms with Crippen molar-refractivity contribution in [3.8, 4) is 11.1 Å². The molecule has 0 unspecified atom stereocenters. The van der Waals surface area contributed by atoms with Crippen molar-refractivity contribution in [1.29, 1.82) is 0 Å². The highest BCUT2D eigenvalue weighted by Gasteiger charge is 2.12. The Bertz CT molecular complexity index is 906. The van der Waals surface area contributed by atoms with E-state index in [0.29, 0.717) is 6.54 Å². The van der Waals surface area contributed by atoms with Gasteiger partial charge in [0.25, 0.3) is 0 Å². The summed E-state index contributed by atoms with van der Waals surface area (Å²) in [7, 11) is 4.52. The normalized spacial score (nSPS) is 11.1. The standard InChI is InChI=1S/C26H34N2O4/c1-5-6-7-8-9-17-27-26(30)28(2)23-12-10-11-22(19-23)21-15-13-20(14-16-21)18-24(31-3)25(29)32-4/h10-16,18-19H,5-9,17H2,1-4H3,(H,27,30). The molecule has 172 valence electrons. The van der Waals surface area contributed by atoms with Gasteiger partial charge >= 0.3 is 12.0 Å². The van der Waals surface area contributed by atoms with Crippen molar-refractivity contribution in [3.63, 3.8) is 0 Å². The Morgan fingerprint density at radius 2 is 1.66 bits per heavy atom. The van der Waals surface area contributed by atoms with Crippen LogP contribution in [0.15, 0.2) is 54.3 Å². The lowest BCUT2D eigenvalue weighted by Gasteiger charge is -2.19. The number of ether oxygens (including phenoxy) is 2. The van der Waals surface area contributed by atoms with E-state index in [1.165, 1.54) is 33.5 Å². The summed E-state index contributed by atoms with van der Waals surface area (Å²) in [5, 5.41) is 2.99. The van der Waals surface area contributed by atoms with Gasteiger partial charge in [-0.1, -0.05) is 69.0 Å². The number of methoxy groups -OCH3 is 2. The lowest BCUT2D eigenvalue weighted by atomic mass is 10.0. The first-order chi connectivity index (χ1) is 15.5. The molecular weight excluding hydrogens is 404 g/mol. The number of anilines is 1. The van der Waals surface area contributed by atoms with Crippen LogP contribution >= 0.6 is 0 Å². The molecule has 0 aromatic heterocycles. The molecule has 1 N–H and O–H groups in total. The van der Waals surface area contributed by atoms with Crippen molar-refractivity contribution in [2.75, 3.05) is 32.7 Å². The number of carbonyl (C=O) groups is 2. The number of amides is 2. The van der Waals surface area contributed by atoms with Gasteiger partial charge < -0.3 is 14.8 Å². The van der Waals surface area contributed by atoms with Gasteiger partial charge in [0.05, 0.1) is 14.2 Å². The number of benzene rings is 2. The fourth-order valence-electron chi connectivity index (χ4n) is 3.28. The van der Waals surface area contributed by atoms with Crippen LogP contribution in [0.4, 0.5) is 10.5 Å². The molecule has 2 aromatic carbocycles. The van der Waals surface area contributed by atoms with Crippen LogP contribution in [-0.2, 0) is 14.3 Å². The average molecular weight is 439 g/mol. The van der Waals surface area contributed by atoms with Gasteiger partial charge in [0.1, 0.15) is 0 Å². The van der Waals surface area contributed by atoms with E-state index < -0.39 is 5.97 Å². The van der Waals surface area contributed by atoms with Crippen LogP contribution in [-0.4, -0.2) is 39.8 Å². The van der Waals surface area contributed by atoms with Gasteiger partial charge in [0.15, 0.2) is 0 Å². The Morgan fingerprint density at radius 3 is 2.31 bits per heavy atom. The maximum Gasteiger partial charge on any atom is 0.373 e. The maximum absolute atomic E-state index is 12.5. The highest BCUT2D eigenvalue weighted by Crippen LogP contribution is 2.25. The fraction of sp³-hybridized carbons (Fsp3) is 0.385. The molecule has 0 radical (unpaired) electrons. The van der Waals surface area contributed by atoms with Crippen LogP contribution in [0.2, 0.25) is 0 Å². The van der Waals surface area contributed by atoms with E-state index in [4.69, 9.17) is 9.47 Å². The Labute approximate surface area is 191 Å². The summed E-state index contributed by atoms with van der Waals surface area (Å²) in [6, 6.07) is 15.5. The molecule has 2 rings (SSSR count). The highest BCUT2D eigenvalue weighted by molar-refractivity contribution is 5.92. The second kappa shape index (κ2) is 13.2. The predicted molar refractivity (Wildman–Crippen MR) is 129 cm³/mol. The summed E-state index contributed by atoms with van der Waals surface area (Å²) in [5.74, 6) is -0.383. The second-order valence-corrected chi connectivity index (χ2v) is 7.58. The zero-order valence-corrected chi connectivity index (χ0v) is 19.5. The number of hydrogen-bond donors (Lipinski definition) is 1. The predicted octanol–water partition coefficient (Wildman–Crippen LogP) is 5.63. The quantitative estimate of drug-likeness (QED) is 0.214. The molecule has 0 fully saturated rings. The van der Waals surface area contributed by atoms with Crippen LogP contribution in [0, 0.1) is 0 Å². The molecule has 0 heterocycles. The van der Waals surface area contributed by atoms with E-state index in [-0.39, 0.29) is 11.8 Å². The molecule has 0 aliphatic carbocycles. The van der Waals surface area contributed by atoms with E-state index in [1.807, 2.05) is 48.5 Å². The second-order valence-electron chi connectivity index (χ2n) is 7.58. The van der Waals surface area contributed by atoms with Crippen molar-refractivity contribution in [2.45, 2.75) is 39.0 Å². The maximum atomic E-state index is 12.5. The van der Waals surface area contributed by atoms with Gasteiger partial charge in [-0.3, -0.25) is 4.90 Å². The van der Waals surface area contributed by atoms with Gasteiger partial charge in [0, 0.05) is 19.3 Å². The number of hydrogen-bond acceptors (Lipinski definition) is 4. The summed E-state index contributed by atoms with van der Waals surface area (Å²) < 4.78 is 9.78. The third kappa shape index (κ3) is 7.45. The molecule has 6 heteroatoms. The molecule has 0 atom stereocenters. The van der Waals surface area contributed by atoms with E-state index in [1.54, 1.807) is 18.0 Å². The highest BCUT2D eigenvalue weighted by atomic mass is 16.6. The first-order valence-corrected chi connectivity index (χ1v) is 11.1. The third-order valence-corrected chi connectivity index (χ3v) is 5.24. The first-order valence-electron chi connectivity index (χ1n) is 11.1. The molecule has 0 aliphatic heterocycles. The molecule has 0 aliphatic rings. The number of urea groups is 1. The summed E-state index contributed by atoms with van der Waals surface area (Å²) >= 11 is 0. The first kappa shape index (κ1) is 25.0. The minimum Gasteiger partial charge on any atom is -0.490 e. The number of unbranched alkanes of at least 4 members (excludes halogenated alkanes) is 4. The molecule has 2 aromatic rings. The summed E-state index contributed by atoms with van der Waals surface area (Å²) in [5.41, 5.74) is 3.65. The number of carbonyl (C=O) groups excluding carboxylic acids is 2. The molecule has 0 spiro atoms. The van der Waals surface area contributed by atoms with Crippen molar-refractivity contribution in [3.05, 3.63) is 59.9 Å². The zero-order chi connectivity index (χ0) is 23.3. The minimum atomic E-state index is -0.522. The van der Waals surface area contributed by atoms with Crippen LogP contribution in [0.25, 0.3) is 17.2 Å². The summed E-state index contributed by atoms with van der Waals surface area (Å²) in [6.07, 6.45) is 7.45. The van der Waals surface area contributed by atoms with Crippen molar-refractivity contribution in [1.82, 2.24) is 5.32 Å². The van der Waals surface area contributed by atoms with Crippen LogP contribution in [0.3, 0.4) is 0 Å². The summed E-state index contributed by atoms with van der Waals surface area (Å²) in [6.45, 7) is 2.88. The summed E-state index contributed by atoms with van der Waals surface area (Å²) in [4.78, 5) is 25.8. The van der Waals surface area contributed by atoms with E-state index in [9.17, 15) is 9.59 Å². The van der Waals surface area contributed by atoms with Gasteiger partial charge in [-0.15, -0.1) is 0 Å². The Morgan fingerprint density at radius 1 is 0.938 bits per heavy atom. The smallest absolute Gasteiger partial charge is 0.373 e. The molecule has 32 heavy (non-hydrogen) atoms. The molecular formula is C26H34N2O4. The molecule has 0 saturated heterocycles. The Balaban J connectivity index is 2.03. The topological polar surface area (TPSA) is 67.9 Å². The lowest BCUT2D eigenvalue weighted by molar-refractivity contribution is -0.139. The largest absolute Gasteiger partial charge is 0.490 e. The molecule has 2 amide bonds. The van der Waals surface area contributed by atoms with Gasteiger partial charge in [-0.2, -0.15) is 0 Å². The lowest BCUT2D eigenvalue weighted by Crippen LogP contribution is -2.37. The monoisotopic (exact) mass is 438 g/mol. The van der Waals surface area contributed by atoms with Crippen molar-refractivity contribution < 1.29 is 19.1 Å². The van der Waals surface area contributed by atoms with E-state index >= 15 is 0 Å². The zero-order valence-electron chi connectivity index (χ0n) is 19.5. The number of rotatable bonds is 11. The SMILES string of the molecule is CCCCCCCNC(=O)N(C)c1cccc(-c2ccc(C=C(OC)C(=O)OC)cc2)c1. The number of nitrogens with one attached hydrogen (secondary N) is 1. The number of nitrogens with zero attached hydrogens (tertiary/aromatic N) is 1. The average Bonchev–Trinajstić information content (AvgIpc) is 2.84. The number of esters is 1. The molecule has 0 saturated carbocycles. The van der Waals surface area contributed by atoms with Gasteiger partial charge in [-0.25, -0.2) is 9.59 Å².